The van der Waals surface area contributed by atoms with E-state index >= 15 is 0 Å². The molecule has 2 N–H and O–H groups in total. The summed E-state index contributed by atoms with van der Waals surface area (Å²) in [5, 5.41) is 38.9. The maximum atomic E-state index is 10.4. The van der Waals surface area contributed by atoms with Gasteiger partial charge < -0.3 is 30.0 Å². The van der Waals surface area contributed by atoms with Crippen molar-refractivity contribution in [1.82, 2.24) is 0 Å². The number of carboxylic acid groups (broad SMARTS) is 2. The summed E-state index contributed by atoms with van der Waals surface area (Å²) in [5.74, 6) is -2.70. The summed E-state index contributed by atoms with van der Waals surface area (Å²) >= 11 is 0. The molecule has 0 aliphatic heterocycles. The molecule has 0 heterocycles. The van der Waals surface area contributed by atoms with Gasteiger partial charge in [-0.15, -0.1) is 0 Å². The summed E-state index contributed by atoms with van der Waals surface area (Å²) in [5.41, 5.74) is 0. The van der Waals surface area contributed by atoms with Gasteiger partial charge in [0, 0.05) is 0 Å². The number of carbonyl (C=O) groups excluding carboxylic acids is 2. The van der Waals surface area contributed by atoms with Crippen molar-refractivity contribution in [3.63, 3.8) is 0 Å². The number of hydrogen-bond acceptors (Lipinski definition) is 6. The summed E-state index contributed by atoms with van der Waals surface area (Å²) in [6, 6.07) is 0. The van der Waals surface area contributed by atoms with Gasteiger partial charge in [0.15, 0.2) is 0 Å². The van der Waals surface area contributed by atoms with Crippen molar-refractivity contribution in [3.05, 3.63) is 24.3 Å². The summed E-state index contributed by atoms with van der Waals surface area (Å²) in [6.07, 6.45) is 53.5. The molecule has 0 fully saturated rings. The maximum Gasteiger partial charge on any atom is 2.00 e. The van der Waals surface area contributed by atoms with Crippen molar-refractivity contribution in [2.45, 2.75) is 270 Å². The van der Waals surface area contributed by atoms with Crippen LogP contribution in [-0.4, -0.2) is 57.4 Å². The molecule has 0 saturated heterocycles. The Morgan fingerprint density at radius 3 is 0.745 bits per heavy atom. The number of rotatable bonds is 42. The molecule has 0 aromatic carbocycles. The van der Waals surface area contributed by atoms with E-state index < -0.39 is 24.1 Å². The van der Waals surface area contributed by atoms with Crippen molar-refractivity contribution in [2.75, 3.05) is 0 Å². The topological polar surface area (TPSA) is 121 Å². The van der Waals surface area contributed by atoms with Crippen LogP contribution in [-0.2, 0) is 9.59 Å². The van der Waals surface area contributed by atoms with Gasteiger partial charge in [-0.2, -0.15) is 0 Å². The Hall–Kier alpha value is -0.894. The molecule has 0 rings (SSSR count). The van der Waals surface area contributed by atoms with E-state index in [0.717, 1.165) is 64.2 Å². The van der Waals surface area contributed by atoms with E-state index in [1.54, 1.807) is 0 Å². The molecule has 7 heteroatoms. The van der Waals surface area contributed by atoms with Crippen LogP contribution in [0, 0.1) is 0 Å². The molecule has 0 spiro atoms. The predicted molar refractivity (Wildman–Crippen MR) is 233 cm³/mol. The van der Waals surface area contributed by atoms with Crippen LogP contribution in [0.2, 0.25) is 0 Å². The first-order chi connectivity index (χ1) is 26.4. The Balaban J connectivity index is -0.000000966. The molecule has 0 radical (unpaired) electrons. The molecule has 0 aromatic rings. The number of unbranched alkanes of at least 4 members (excludes halogenated alkanes) is 32. The van der Waals surface area contributed by atoms with Crippen LogP contribution in [0.1, 0.15) is 258 Å². The molecule has 2 atom stereocenters. The molecule has 0 amide bonds. The molecular weight excluding hydrogens is 697 g/mol. The third-order valence-corrected chi connectivity index (χ3v) is 10.5. The van der Waals surface area contributed by atoms with Gasteiger partial charge >= 0.3 is 23.1 Å². The third kappa shape index (κ3) is 53.1. The first-order valence-corrected chi connectivity index (χ1v) is 23.4. The van der Waals surface area contributed by atoms with Crippen LogP contribution in [0.25, 0.3) is 0 Å². The Bertz CT molecular complexity index is 750. The van der Waals surface area contributed by atoms with Crippen molar-refractivity contribution < 1.29 is 30.0 Å². The Kier molecular flexibility index (Phi) is 54.3. The van der Waals surface area contributed by atoms with Gasteiger partial charge in [0.25, 0.3) is 0 Å². The standard InChI is InChI=1S/2C24H46O3.Mg/c2*1-2-3-4-5-6-7-8-9-10-11-12-13-14-15-16-17-18-19-20-21-22-23(25)24(26)27;/h2*15-16,23,25H,2-14,17-22H2,1H3,(H,26,27);/q;;+2/p-2. The molecule has 2 unspecified atom stereocenters. The minimum Gasteiger partial charge on any atom is -0.547 e. The SMILES string of the molecule is CCCCCCCCCCCCCCC=CCCCCCCC(O)C(=O)[O-].CCCCCCCCCCCCCCC=CCCCCCCC(O)C(=O)[O-].[Mg+2]. The average Bonchev–Trinajstić information content (AvgIpc) is 3.16. The molecule has 0 aliphatic rings. The molecule has 0 bridgehead atoms. The molecule has 0 saturated carbocycles. The van der Waals surface area contributed by atoms with Gasteiger partial charge in [-0.05, 0) is 64.2 Å². The van der Waals surface area contributed by atoms with E-state index in [2.05, 4.69) is 38.2 Å². The Morgan fingerprint density at radius 2 is 0.545 bits per heavy atom. The van der Waals surface area contributed by atoms with Gasteiger partial charge in [-0.25, -0.2) is 0 Å². The minimum absolute atomic E-state index is 0. The van der Waals surface area contributed by atoms with Gasteiger partial charge in [-0.1, -0.05) is 218 Å². The fourth-order valence-electron chi connectivity index (χ4n) is 6.82. The predicted octanol–water partition coefficient (Wildman–Crippen LogP) is 11.8. The van der Waals surface area contributed by atoms with E-state index in [9.17, 15) is 19.8 Å². The normalized spacial score (nSPS) is 12.4. The van der Waals surface area contributed by atoms with Crippen molar-refractivity contribution >= 4 is 35.0 Å². The number of allylic oxidation sites excluding steroid dienone is 4. The number of aliphatic hydroxyl groups is 2. The summed E-state index contributed by atoms with van der Waals surface area (Å²) in [4.78, 5) is 20.7. The molecule has 55 heavy (non-hydrogen) atoms. The number of hydrogen-bond donors (Lipinski definition) is 2. The van der Waals surface area contributed by atoms with E-state index in [4.69, 9.17) is 10.2 Å². The van der Waals surface area contributed by atoms with Crippen LogP contribution in [0.5, 0.6) is 0 Å². The van der Waals surface area contributed by atoms with Crippen molar-refractivity contribution in [2.24, 2.45) is 0 Å². The summed E-state index contributed by atoms with van der Waals surface area (Å²) in [6.45, 7) is 4.55. The van der Waals surface area contributed by atoms with Crippen LogP contribution in [0.4, 0.5) is 0 Å². The van der Waals surface area contributed by atoms with Gasteiger partial charge in [0.2, 0.25) is 0 Å². The molecular formula is C48H90MgO6. The Labute approximate surface area is 357 Å². The van der Waals surface area contributed by atoms with Crippen molar-refractivity contribution in [3.8, 4) is 0 Å². The Morgan fingerprint density at radius 1 is 0.364 bits per heavy atom. The number of carboxylic acids is 2. The van der Waals surface area contributed by atoms with Crippen LogP contribution < -0.4 is 10.2 Å². The number of aliphatic carboxylic acids is 2. The minimum atomic E-state index is -1.35. The monoisotopic (exact) mass is 787 g/mol. The zero-order valence-electron chi connectivity index (χ0n) is 36.6. The summed E-state index contributed by atoms with van der Waals surface area (Å²) < 4.78 is 0. The fourth-order valence-corrected chi connectivity index (χ4v) is 6.82. The van der Waals surface area contributed by atoms with Crippen molar-refractivity contribution in [1.29, 1.82) is 0 Å². The van der Waals surface area contributed by atoms with Crippen LogP contribution in [0.15, 0.2) is 24.3 Å². The third-order valence-electron chi connectivity index (χ3n) is 10.5. The van der Waals surface area contributed by atoms with E-state index in [1.165, 1.54) is 167 Å². The van der Waals surface area contributed by atoms with E-state index in [0.29, 0.717) is 12.8 Å². The van der Waals surface area contributed by atoms with E-state index in [1.807, 2.05) is 0 Å². The largest absolute Gasteiger partial charge is 2.00 e. The second-order valence-electron chi connectivity index (χ2n) is 16.0. The molecule has 0 aliphatic carbocycles. The van der Waals surface area contributed by atoms with Crippen LogP contribution in [0.3, 0.4) is 0 Å². The molecule has 320 valence electrons. The second-order valence-corrected chi connectivity index (χ2v) is 16.0. The average molecular weight is 788 g/mol. The molecule has 0 aromatic heterocycles. The summed E-state index contributed by atoms with van der Waals surface area (Å²) in [7, 11) is 0. The van der Waals surface area contributed by atoms with Gasteiger partial charge in [0.05, 0.1) is 24.1 Å². The fraction of sp³-hybridized carbons (Fsp3) is 0.875. The van der Waals surface area contributed by atoms with Gasteiger partial charge in [0.1, 0.15) is 0 Å². The quantitative estimate of drug-likeness (QED) is 0.0361. The van der Waals surface area contributed by atoms with Crippen LogP contribution >= 0.6 is 0 Å². The maximum absolute atomic E-state index is 10.4. The molecule has 6 nitrogen and oxygen atoms in total. The first kappa shape index (κ1) is 58.4. The van der Waals surface area contributed by atoms with E-state index in [-0.39, 0.29) is 23.1 Å². The number of aliphatic hydroxyl groups excluding tert-OH is 2. The number of carbonyl (C=O) groups is 2. The van der Waals surface area contributed by atoms with Gasteiger partial charge in [-0.3, -0.25) is 0 Å². The smallest absolute Gasteiger partial charge is 0.547 e. The first-order valence-electron chi connectivity index (χ1n) is 23.4. The second kappa shape index (κ2) is 51.1. The zero-order valence-corrected chi connectivity index (χ0v) is 38.0. The zero-order chi connectivity index (χ0) is 40.0.